The first kappa shape index (κ1) is 17.1. The van der Waals surface area contributed by atoms with Crippen LogP contribution in [-0.4, -0.2) is 30.6 Å². The summed E-state index contributed by atoms with van der Waals surface area (Å²) in [5.74, 6) is -0.173. The van der Waals surface area contributed by atoms with Crippen molar-refractivity contribution >= 4 is 0 Å². The van der Waals surface area contributed by atoms with E-state index in [0.29, 0.717) is 0 Å². The second kappa shape index (κ2) is 7.75. The number of nitrogens with one attached hydrogen (secondary N) is 1. The summed E-state index contributed by atoms with van der Waals surface area (Å²) >= 11 is 0. The molecule has 1 aromatic carbocycles. The van der Waals surface area contributed by atoms with Gasteiger partial charge in [0.25, 0.3) is 0 Å². The number of benzene rings is 1. The molecule has 0 aliphatic rings. The lowest BCUT2D eigenvalue weighted by molar-refractivity contribution is 0.144. The molecular formula is C17H29FN2. The number of nitrogens with zero attached hydrogens (tertiary/aromatic N) is 1. The minimum absolute atomic E-state index is 0.173. The molecule has 3 heteroatoms. The molecule has 0 radical (unpaired) electrons. The van der Waals surface area contributed by atoms with Crippen LogP contribution in [0.3, 0.4) is 0 Å². The van der Waals surface area contributed by atoms with E-state index in [-0.39, 0.29) is 17.4 Å². The quantitative estimate of drug-likeness (QED) is 0.774. The predicted octanol–water partition coefficient (Wildman–Crippen LogP) is 3.99. The number of rotatable bonds is 8. The van der Waals surface area contributed by atoms with E-state index in [1.807, 2.05) is 12.1 Å². The van der Waals surface area contributed by atoms with Crippen LogP contribution < -0.4 is 5.32 Å². The summed E-state index contributed by atoms with van der Waals surface area (Å²) in [5.41, 5.74) is 1.38. The lowest BCUT2D eigenvalue weighted by Gasteiger charge is -2.36. The van der Waals surface area contributed by atoms with Gasteiger partial charge in [-0.25, -0.2) is 4.39 Å². The Bertz CT molecular complexity index is 386. The number of hydrogen-bond donors (Lipinski definition) is 1. The summed E-state index contributed by atoms with van der Waals surface area (Å²) in [6.45, 7) is 10.8. The lowest BCUT2D eigenvalue weighted by atomic mass is 9.98. The Morgan fingerprint density at radius 1 is 1.20 bits per heavy atom. The van der Waals surface area contributed by atoms with Gasteiger partial charge in [-0.15, -0.1) is 0 Å². The third-order valence-corrected chi connectivity index (χ3v) is 4.37. The molecule has 0 saturated carbocycles. The number of hydrogen-bond acceptors (Lipinski definition) is 2. The summed E-state index contributed by atoms with van der Waals surface area (Å²) < 4.78 is 13.0. The molecule has 20 heavy (non-hydrogen) atoms. The Balaban J connectivity index is 2.66. The molecule has 1 N–H and O–H groups in total. The van der Waals surface area contributed by atoms with Crippen molar-refractivity contribution < 1.29 is 4.39 Å². The van der Waals surface area contributed by atoms with E-state index in [2.05, 4.69) is 45.0 Å². The van der Waals surface area contributed by atoms with E-state index in [0.717, 1.165) is 31.5 Å². The summed E-state index contributed by atoms with van der Waals surface area (Å²) in [5, 5.41) is 3.49. The van der Waals surface area contributed by atoms with E-state index in [9.17, 15) is 4.39 Å². The van der Waals surface area contributed by atoms with Crippen molar-refractivity contribution in [1.29, 1.82) is 0 Å². The van der Waals surface area contributed by atoms with Crippen LogP contribution in [0.4, 0.5) is 4.39 Å². The van der Waals surface area contributed by atoms with Crippen molar-refractivity contribution in [2.24, 2.45) is 0 Å². The second-order valence-electron chi connectivity index (χ2n) is 6.04. The van der Waals surface area contributed by atoms with Gasteiger partial charge in [0.05, 0.1) is 0 Å². The van der Waals surface area contributed by atoms with Crippen LogP contribution >= 0.6 is 0 Å². The highest BCUT2D eigenvalue weighted by atomic mass is 19.1. The van der Waals surface area contributed by atoms with Gasteiger partial charge in [0.1, 0.15) is 5.82 Å². The first-order valence-corrected chi connectivity index (χ1v) is 7.60. The Morgan fingerprint density at radius 3 is 2.30 bits per heavy atom. The largest absolute Gasteiger partial charge is 0.310 e. The Kier molecular flexibility index (Phi) is 6.63. The molecule has 114 valence electrons. The van der Waals surface area contributed by atoms with E-state index in [4.69, 9.17) is 0 Å². The van der Waals surface area contributed by atoms with E-state index >= 15 is 0 Å². The van der Waals surface area contributed by atoms with Gasteiger partial charge in [0, 0.05) is 18.1 Å². The highest BCUT2D eigenvalue weighted by Crippen LogP contribution is 2.21. The lowest BCUT2D eigenvalue weighted by Crippen LogP contribution is -2.42. The van der Waals surface area contributed by atoms with Crippen molar-refractivity contribution in [2.75, 3.05) is 20.1 Å². The molecule has 1 aromatic rings. The Hall–Kier alpha value is -0.930. The van der Waals surface area contributed by atoms with Gasteiger partial charge in [0.15, 0.2) is 0 Å². The van der Waals surface area contributed by atoms with Crippen molar-refractivity contribution in [3.05, 3.63) is 35.6 Å². The molecule has 0 heterocycles. The molecule has 1 unspecified atom stereocenters. The highest BCUT2D eigenvalue weighted by Gasteiger charge is 2.22. The molecule has 0 aliphatic carbocycles. The van der Waals surface area contributed by atoms with Crippen LogP contribution in [0.25, 0.3) is 0 Å². The van der Waals surface area contributed by atoms with Crippen molar-refractivity contribution in [3.8, 4) is 0 Å². The topological polar surface area (TPSA) is 15.3 Å². The van der Waals surface area contributed by atoms with Gasteiger partial charge in [-0.2, -0.15) is 0 Å². The van der Waals surface area contributed by atoms with E-state index in [1.165, 1.54) is 0 Å². The van der Waals surface area contributed by atoms with Gasteiger partial charge in [-0.1, -0.05) is 26.0 Å². The molecular weight excluding hydrogens is 251 g/mol. The zero-order valence-electron chi connectivity index (χ0n) is 13.5. The van der Waals surface area contributed by atoms with Crippen molar-refractivity contribution in [2.45, 2.75) is 52.1 Å². The SMILES string of the molecule is CCNC(CCN(C)C(C)(C)CC)c1ccc(F)cc1. The maximum atomic E-state index is 13.0. The van der Waals surface area contributed by atoms with Crippen LogP contribution in [0.1, 0.15) is 52.1 Å². The summed E-state index contributed by atoms with van der Waals surface area (Å²) in [6.07, 6.45) is 2.16. The standard InChI is InChI=1S/C17H29FN2/c1-6-17(3,4)20(5)13-12-16(19-7-2)14-8-10-15(18)11-9-14/h8-11,16,19H,6-7,12-13H2,1-5H3. The van der Waals surface area contributed by atoms with E-state index in [1.54, 1.807) is 12.1 Å². The summed E-state index contributed by atoms with van der Waals surface area (Å²) in [6, 6.07) is 7.13. The van der Waals surface area contributed by atoms with Crippen molar-refractivity contribution in [1.82, 2.24) is 10.2 Å². The number of halogens is 1. The monoisotopic (exact) mass is 280 g/mol. The van der Waals surface area contributed by atoms with Crippen molar-refractivity contribution in [3.63, 3.8) is 0 Å². The highest BCUT2D eigenvalue weighted by molar-refractivity contribution is 5.20. The molecule has 1 atom stereocenters. The molecule has 0 fully saturated rings. The van der Waals surface area contributed by atoms with Crippen LogP contribution in [-0.2, 0) is 0 Å². The summed E-state index contributed by atoms with van der Waals surface area (Å²) in [7, 11) is 2.18. The average molecular weight is 280 g/mol. The second-order valence-corrected chi connectivity index (χ2v) is 6.04. The molecule has 0 bridgehead atoms. The molecule has 1 rings (SSSR count). The molecule has 0 aliphatic heterocycles. The van der Waals surface area contributed by atoms with E-state index < -0.39 is 0 Å². The molecule has 2 nitrogen and oxygen atoms in total. The Morgan fingerprint density at radius 2 is 1.80 bits per heavy atom. The zero-order chi connectivity index (χ0) is 15.2. The van der Waals surface area contributed by atoms with Gasteiger partial charge >= 0.3 is 0 Å². The normalized spacial score (nSPS) is 13.8. The minimum Gasteiger partial charge on any atom is -0.310 e. The van der Waals surface area contributed by atoms with Crippen LogP contribution in [0.5, 0.6) is 0 Å². The average Bonchev–Trinajstić information content (AvgIpc) is 2.44. The minimum atomic E-state index is -0.173. The smallest absolute Gasteiger partial charge is 0.123 e. The van der Waals surface area contributed by atoms with Gasteiger partial charge in [-0.05, 0) is 58.0 Å². The predicted molar refractivity (Wildman–Crippen MR) is 84.4 cm³/mol. The Labute approximate surface area is 123 Å². The molecule has 0 amide bonds. The fraction of sp³-hybridized carbons (Fsp3) is 0.647. The fourth-order valence-electron chi connectivity index (χ4n) is 2.22. The first-order chi connectivity index (χ1) is 9.40. The summed E-state index contributed by atoms with van der Waals surface area (Å²) in [4.78, 5) is 2.40. The third kappa shape index (κ3) is 4.88. The maximum absolute atomic E-state index is 13.0. The molecule has 0 saturated heterocycles. The zero-order valence-corrected chi connectivity index (χ0v) is 13.5. The maximum Gasteiger partial charge on any atom is 0.123 e. The van der Waals surface area contributed by atoms with Gasteiger partial charge in [-0.3, -0.25) is 0 Å². The van der Waals surface area contributed by atoms with Gasteiger partial charge < -0.3 is 10.2 Å². The van der Waals surface area contributed by atoms with Crippen LogP contribution in [0.15, 0.2) is 24.3 Å². The van der Waals surface area contributed by atoms with Gasteiger partial charge in [0.2, 0.25) is 0 Å². The third-order valence-electron chi connectivity index (χ3n) is 4.37. The molecule has 0 spiro atoms. The van der Waals surface area contributed by atoms with Crippen LogP contribution in [0, 0.1) is 5.82 Å². The first-order valence-electron chi connectivity index (χ1n) is 7.60. The van der Waals surface area contributed by atoms with Crippen LogP contribution in [0.2, 0.25) is 0 Å². The fourth-order valence-corrected chi connectivity index (χ4v) is 2.22. The molecule has 0 aromatic heterocycles.